The third-order valence-electron chi connectivity index (χ3n) is 4.33. The van der Waals surface area contributed by atoms with E-state index in [2.05, 4.69) is 27.2 Å². The molecule has 0 bridgehead atoms. The molecule has 2 N–H and O–H groups in total. The van der Waals surface area contributed by atoms with Crippen molar-refractivity contribution in [2.45, 2.75) is 5.75 Å². The number of nitrogens with two attached hydrogens (primary N) is 1. The molecule has 0 heterocycles. The van der Waals surface area contributed by atoms with Crippen LogP contribution in [0.5, 0.6) is 5.75 Å². The van der Waals surface area contributed by atoms with Crippen molar-refractivity contribution in [1.29, 1.82) is 0 Å². The van der Waals surface area contributed by atoms with Crippen LogP contribution in [0.4, 0.5) is 11.4 Å². The van der Waals surface area contributed by atoms with Crippen LogP contribution in [0.25, 0.3) is 0 Å². The number of hydrogen-bond donors (Lipinski definition) is 1. The molecule has 148 valence electrons. The molecule has 3 aromatic carbocycles. The average molecular weight is 405 g/mol. The van der Waals surface area contributed by atoms with E-state index in [1.807, 2.05) is 73.8 Å². The number of nitrogens with zero attached hydrogens (tertiary/aromatic N) is 3. The second-order valence-corrected chi connectivity index (χ2v) is 7.30. The van der Waals surface area contributed by atoms with E-state index in [1.54, 1.807) is 13.3 Å². The van der Waals surface area contributed by atoms with Crippen LogP contribution in [0.3, 0.4) is 0 Å². The van der Waals surface area contributed by atoms with Crippen molar-refractivity contribution in [1.82, 2.24) is 0 Å². The molecule has 0 aliphatic carbocycles. The number of hydrogen-bond acceptors (Lipinski definition) is 5. The lowest BCUT2D eigenvalue weighted by Gasteiger charge is -2.19. The van der Waals surface area contributed by atoms with Gasteiger partial charge in [-0.3, -0.25) is 0 Å². The summed E-state index contributed by atoms with van der Waals surface area (Å²) >= 11 is 1.47. The van der Waals surface area contributed by atoms with Crippen LogP contribution in [0.15, 0.2) is 89.1 Å². The predicted octanol–water partition coefficient (Wildman–Crippen LogP) is 5.05. The molecule has 0 spiro atoms. The zero-order valence-corrected chi connectivity index (χ0v) is 17.3. The van der Waals surface area contributed by atoms with Gasteiger partial charge in [0.15, 0.2) is 5.17 Å². The molecule has 3 rings (SSSR count). The molecule has 0 radical (unpaired) electrons. The molecule has 3 aromatic rings. The van der Waals surface area contributed by atoms with Crippen LogP contribution in [0.2, 0.25) is 0 Å². The first-order valence-corrected chi connectivity index (χ1v) is 10.2. The van der Waals surface area contributed by atoms with Gasteiger partial charge in [-0.2, -0.15) is 5.10 Å². The number of anilines is 2. The quantitative estimate of drug-likeness (QED) is 0.340. The lowest BCUT2D eigenvalue weighted by atomic mass is 10.2. The van der Waals surface area contributed by atoms with E-state index >= 15 is 0 Å². The Morgan fingerprint density at radius 1 is 0.966 bits per heavy atom. The molecule has 0 fully saturated rings. The first-order chi connectivity index (χ1) is 14.2. The van der Waals surface area contributed by atoms with Crippen molar-refractivity contribution in [3.8, 4) is 5.75 Å². The summed E-state index contributed by atoms with van der Waals surface area (Å²) in [7, 11) is 3.69. The monoisotopic (exact) mass is 404 g/mol. The maximum Gasteiger partial charge on any atom is 0.180 e. The van der Waals surface area contributed by atoms with Gasteiger partial charge in [0.2, 0.25) is 0 Å². The molecular formula is C23H24N4OS. The van der Waals surface area contributed by atoms with Gasteiger partial charge in [0.1, 0.15) is 5.75 Å². The van der Waals surface area contributed by atoms with Crippen molar-refractivity contribution < 1.29 is 4.74 Å². The zero-order chi connectivity index (χ0) is 20.5. The zero-order valence-electron chi connectivity index (χ0n) is 16.5. The van der Waals surface area contributed by atoms with E-state index in [0.717, 1.165) is 28.4 Å². The molecule has 0 atom stereocenters. The average Bonchev–Trinajstić information content (AvgIpc) is 2.78. The minimum atomic E-state index is 0.445. The number of thioether (sulfide) groups is 1. The molecule has 0 saturated heterocycles. The standard InChI is InChI=1S/C23H24N4OS/c1-27(21-12-14-22(28-2)15-13-21)20-10-8-18(9-11-20)16-25-26-23(24)29-17-19-6-4-3-5-7-19/h3-16H,17H2,1-2H3,(H2,24,26). The largest absolute Gasteiger partial charge is 0.497 e. The van der Waals surface area contributed by atoms with Gasteiger partial charge in [-0.1, -0.05) is 54.2 Å². The van der Waals surface area contributed by atoms with Crippen LogP contribution < -0.4 is 15.4 Å². The first kappa shape index (κ1) is 20.5. The SMILES string of the molecule is COc1ccc(N(C)c2ccc(C=NN=C(N)SCc3ccccc3)cc2)cc1. The van der Waals surface area contributed by atoms with Gasteiger partial charge in [-0.05, 0) is 47.5 Å². The van der Waals surface area contributed by atoms with E-state index in [1.165, 1.54) is 17.3 Å². The Kier molecular flexibility index (Phi) is 7.30. The lowest BCUT2D eigenvalue weighted by molar-refractivity contribution is 0.415. The Morgan fingerprint density at radius 2 is 1.59 bits per heavy atom. The van der Waals surface area contributed by atoms with Crippen LogP contribution in [0.1, 0.15) is 11.1 Å². The predicted molar refractivity (Wildman–Crippen MR) is 124 cm³/mol. The summed E-state index contributed by atoms with van der Waals surface area (Å²) in [5.74, 6) is 1.62. The number of ether oxygens (including phenoxy) is 1. The smallest absolute Gasteiger partial charge is 0.180 e. The second-order valence-electron chi connectivity index (χ2n) is 6.31. The van der Waals surface area contributed by atoms with E-state index in [-0.39, 0.29) is 0 Å². The minimum absolute atomic E-state index is 0.445. The molecule has 5 nitrogen and oxygen atoms in total. The summed E-state index contributed by atoms with van der Waals surface area (Å²) < 4.78 is 5.21. The molecule has 6 heteroatoms. The van der Waals surface area contributed by atoms with Gasteiger partial charge in [-0.25, -0.2) is 0 Å². The molecular weight excluding hydrogens is 380 g/mol. The molecule has 0 aliphatic rings. The fraction of sp³-hybridized carbons (Fsp3) is 0.130. The Hall–Kier alpha value is -3.25. The van der Waals surface area contributed by atoms with E-state index in [4.69, 9.17) is 10.5 Å². The van der Waals surface area contributed by atoms with Crippen LogP contribution in [-0.2, 0) is 5.75 Å². The second kappa shape index (κ2) is 10.3. The number of benzene rings is 3. The normalized spacial score (nSPS) is 11.6. The van der Waals surface area contributed by atoms with Gasteiger partial charge in [0.05, 0.1) is 13.3 Å². The summed E-state index contributed by atoms with van der Waals surface area (Å²) in [5.41, 5.74) is 10.2. The van der Waals surface area contributed by atoms with Crippen LogP contribution in [0, 0.1) is 0 Å². The van der Waals surface area contributed by atoms with E-state index in [0.29, 0.717) is 5.17 Å². The summed E-state index contributed by atoms with van der Waals surface area (Å²) in [6, 6.07) is 26.2. The number of methoxy groups -OCH3 is 1. The summed E-state index contributed by atoms with van der Waals surface area (Å²) in [6.07, 6.45) is 1.70. The molecule has 0 aromatic heterocycles. The van der Waals surface area contributed by atoms with Gasteiger partial charge in [0, 0.05) is 24.2 Å². The molecule has 0 aliphatic heterocycles. The van der Waals surface area contributed by atoms with Crippen LogP contribution in [-0.4, -0.2) is 25.5 Å². The topological polar surface area (TPSA) is 63.2 Å². The van der Waals surface area contributed by atoms with Crippen molar-refractivity contribution in [3.63, 3.8) is 0 Å². The van der Waals surface area contributed by atoms with Crippen molar-refractivity contribution in [2.75, 3.05) is 19.1 Å². The lowest BCUT2D eigenvalue weighted by Crippen LogP contribution is -2.09. The fourth-order valence-electron chi connectivity index (χ4n) is 2.65. The highest BCUT2D eigenvalue weighted by Gasteiger charge is 2.04. The Labute approximate surface area is 175 Å². The third-order valence-corrected chi connectivity index (χ3v) is 5.19. The van der Waals surface area contributed by atoms with Gasteiger partial charge < -0.3 is 15.4 Å². The van der Waals surface area contributed by atoms with E-state index < -0.39 is 0 Å². The summed E-state index contributed by atoms with van der Waals surface area (Å²) in [5, 5.41) is 8.60. The van der Waals surface area contributed by atoms with Gasteiger partial charge in [-0.15, -0.1) is 5.10 Å². The highest BCUT2D eigenvalue weighted by molar-refractivity contribution is 8.13. The van der Waals surface area contributed by atoms with Crippen LogP contribution >= 0.6 is 11.8 Å². The number of amidine groups is 1. The molecule has 0 unspecified atom stereocenters. The van der Waals surface area contributed by atoms with Gasteiger partial charge in [0.25, 0.3) is 0 Å². The minimum Gasteiger partial charge on any atom is -0.497 e. The maximum absolute atomic E-state index is 5.92. The van der Waals surface area contributed by atoms with Crippen molar-refractivity contribution in [2.24, 2.45) is 15.9 Å². The third kappa shape index (κ3) is 6.12. The Bertz CT molecular complexity index is 954. The van der Waals surface area contributed by atoms with Crippen molar-refractivity contribution >= 4 is 34.5 Å². The summed E-state index contributed by atoms with van der Waals surface area (Å²) in [6.45, 7) is 0. The highest BCUT2D eigenvalue weighted by atomic mass is 32.2. The van der Waals surface area contributed by atoms with Crippen molar-refractivity contribution in [3.05, 3.63) is 90.0 Å². The Balaban J connectivity index is 1.56. The maximum atomic E-state index is 5.92. The summed E-state index contributed by atoms with van der Waals surface area (Å²) in [4.78, 5) is 2.11. The molecule has 0 saturated carbocycles. The molecule has 0 amide bonds. The molecule has 29 heavy (non-hydrogen) atoms. The van der Waals surface area contributed by atoms with Gasteiger partial charge >= 0.3 is 0 Å². The Morgan fingerprint density at radius 3 is 2.21 bits per heavy atom. The highest BCUT2D eigenvalue weighted by Crippen LogP contribution is 2.25. The number of rotatable bonds is 7. The first-order valence-electron chi connectivity index (χ1n) is 9.17. The fourth-order valence-corrected chi connectivity index (χ4v) is 3.26. The van der Waals surface area contributed by atoms with E-state index in [9.17, 15) is 0 Å².